The third-order valence-corrected chi connectivity index (χ3v) is 4.25. The van der Waals surface area contributed by atoms with Gasteiger partial charge in [0.15, 0.2) is 6.10 Å². The Balaban J connectivity index is 1.54. The molecule has 142 valence electrons. The fourth-order valence-electron chi connectivity index (χ4n) is 2.76. The molecule has 2 aromatic heterocycles. The van der Waals surface area contributed by atoms with Crippen molar-refractivity contribution in [1.29, 1.82) is 0 Å². The highest BCUT2D eigenvalue weighted by Crippen LogP contribution is 2.28. The van der Waals surface area contributed by atoms with Gasteiger partial charge in [0.2, 0.25) is 11.7 Å². The van der Waals surface area contributed by atoms with Gasteiger partial charge in [-0.3, -0.25) is 0 Å². The van der Waals surface area contributed by atoms with E-state index in [2.05, 4.69) is 10.2 Å². The summed E-state index contributed by atoms with van der Waals surface area (Å²) in [6.07, 6.45) is -0.849. The minimum Gasteiger partial charge on any atom is -0.449 e. The molecule has 0 radical (unpaired) electrons. The van der Waals surface area contributed by atoms with E-state index in [4.69, 9.17) is 13.6 Å². The van der Waals surface area contributed by atoms with Crippen LogP contribution in [0.3, 0.4) is 0 Å². The zero-order valence-corrected chi connectivity index (χ0v) is 14.9. The number of benzene rings is 2. The first kappa shape index (κ1) is 17.8. The number of furan rings is 1. The van der Waals surface area contributed by atoms with Crippen molar-refractivity contribution in [3.8, 4) is 11.5 Å². The lowest BCUT2D eigenvalue weighted by Crippen LogP contribution is -2.09. The van der Waals surface area contributed by atoms with Crippen LogP contribution < -0.4 is 0 Å². The van der Waals surface area contributed by atoms with Gasteiger partial charge in [0.1, 0.15) is 17.2 Å². The Bertz CT molecular complexity index is 1160. The van der Waals surface area contributed by atoms with E-state index in [1.54, 1.807) is 13.8 Å². The molecule has 0 aliphatic heterocycles. The summed E-state index contributed by atoms with van der Waals surface area (Å²) in [6, 6.07) is 9.54. The zero-order chi connectivity index (χ0) is 19.8. The number of nitrogens with zero attached hydrogens (tertiary/aromatic N) is 2. The molecule has 0 aliphatic rings. The molecule has 28 heavy (non-hydrogen) atoms. The summed E-state index contributed by atoms with van der Waals surface area (Å²) in [5, 5.41) is 8.25. The molecule has 8 heteroatoms. The van der Waals surface area contributed by atoms with Crippen molar-refractivity contribution in [2.75, 3.05) is 0 Å². The van der Waals surface area contributed by atoms with E-state index < -0.39 is 17.9 Å². The predicted octanol–water partition coefficient (Wildman–Crippen LogP) is 4.99. The van der Waals surface area contributed by atoms with Crippen LogP contribution in [0.25, 0.3) is 22.4 Å². The lowest BCUT2D eigenvalue weighted by atomic mass is 10.1. The minimum atomic E-state index is -0.849. The van der Waals surface area contributed by atoms with Crippen molar-refractivity contribution in [3.63, 3.8) is 0 Å². The van der Waals surface area contributed by atoms with Crippen molar-refractivity contribution in [3.05, 3.63) is 71.3 Å². The second-order valence-electron chi connectivity index (χ2n) is 6.20. The van der Waals surface area contributed by atoms with Crippen LogP contribution in [-0.4, -0.2) is 16.2 Å². The van der Waals surface area contributed by atoms with Gasteiger partial charge in [-0.05, 0) is 56.3 Å². The molecular formula is C20H14F2N2O4. The monoisotopic (exact) mass is 384 g/mol. The molecule has 0 fully saturated rings. The number of hydrogen-bond donors (Lipinski definition) is 0. The number of carbonyl (C=O) groups excluding carboxylic acids is 1. The quantitative estimate of drug-likeness (QED) is 0.462. The Morgan fingerprint density at radius 3 is 2.50 bits per heavy atom. The van der Waals surface area contributed by atoms with Gasteiger partial charge in [0.05, 0.1) is 0 Å². The molecule has 0 spiro atoms. The highest BCUT2D eigenvalue weighted by Gasteiger charge is 2.24. The number of esters is 1. The Labute approximate surface area is 157 Å². The highest BCUT2D eigenvalue weighted by molar-refractivity contribution is 5.95. The first-order chi connectivity index (χ1) is 13.4. The molecule has 2 aromatic carbocycles. The van der Waals surface area contributed by atoms with E-state index in [0.29, 0.717) is 22.1 Å². The fraction of sp³-hybridized carbons (Fsp3) is 0.150. The molecule has 0 amide bonds. The molecule has 0 unspecified atom stereocenters. The van der Waals surface area contributed by atoms with Crippen molar-refractivity contribution in [2.24, 2.45) is 0 Å². The first-order valence-corrected chi connectivity index (χ1v) is 8.41. The molecule has 0 aliphatic carbocycles. The van der Waals surface area contributed by atoms with Crippen molar-refractivity contribution in [2.45, 2.75) is 20.0 Å². The summed E-state index contributed by atoms with van der Waals surface area (Å²) in [7, 11) is 0. The summed E-state index contributed by atoms with van der Waals surface area (Å²) in [5.41, 5.74) is 1.40. The normalized spacial score (nSPS) is 12.3. The van der Waals surface area contributed by atoms with Gasteiger partial charge in [-0.1, -0.05) is 0 Å². The van der Waals surface area contributed by atoms with Crippen LogP contribution in [-0.2, 0) is 4.74 Å². The lowest BCUT2D eigenvalue weighted by Gasteiger charge is -2.08. The van der Waals surface area contributed by atoms with E-state index in [1.165, 1.54) is 42.5 Å². The maximum Gasteiger partial charge on any atom is 0.375 e. The molecule has 0 N–H and O–H groups in total. The summed E-state index contributed by atoms with van der Waals surface area (Å²) >= 11 is 0. The van der Waals surface area contributed by atoms with Crippen molar-refractivity contribution < 1.29 is 27.1 Å². The molecular weight excluding hydrogens is 370 g/mol. The van der Waals surface area contributed by atoms with Gasteiger partial charge in [0.25, 0.3) is 5.89 Å². The van der Waals surface area contributed by atoms with Crippen LogP contribution in [0.5, 0.6) is 0 Å². The number of ether oxygens (including phenoxy) is 1. The van der Waals surface area contributed by atoms with E-state index in [0.717, 1.165) is 0 Å². The highest BCUT2D eigenvalue weighted by atomic mass is 19.1. The number of rotatable bonds is 4. The molecule has 0 bridgehead atoms. The second-order valence-corrected chi connectivity index (χ2v) is 6.20. The maximum atomic E-state index is 13.4. The van der Waals surface area contributed by atoms with Crippen LogP contribution in [0.1, 0.15) is 35.0 Å². The average Bonchev–Trinajstić information content (AvgIpc) is 3.28. The van der Waals surface area contributed by atoms with Gasteiger partial charge in [0, 0.05) is 16.5 Å². The third-order valence-electron chi connectivity index (χ3n) is 4.25. The van der Waals surface area contributed by atoms with Gasteiger partial charge in [-0.15, -0.1) is 10.2 Å². The summed E-state index contributed by atoms with van der Waals surface area (Å²) in [4.78, 5) is 12.5. The Morgan fingerprint density at radius 1 is 1.04 bits per heavy atom. The Hall–Kier alpha value is -3.55. The van der Waals surface area contributed by atoms with Crippen LogP contribution in [0.2, 0.25) is 0 Å². The zero-order valence-electron chi connectivity index (χ0n) is 14.9. The van der Waals surface area contributed by atoms with E-state index in [1.807, 2.05) is 0 Å². The summed E-state index contributed by atoms with van der Waals surface area (Å²) < 4.78 is 42.8. The smallest absolute Gasteiger partial charge is 0.375 e. The van der Waals surface area contributed by atoms with E-state index in [9.17, 15) is 13.6 Å². The van der Waals surface area contributed by atoms with E-state index in [-0.39, 0.29) is 23.4 Å². The maximum absolute atomic E-state index is 13.4. The summed E-state index contributed by atoms with van der Waals surface area (Å²) in [6.45, 7) is 3.21. The predicted molar refractivity (Wildman–Crippen MR) is 94.4 cm³/mol. The van der Waals surface area contributed by atoms with E-state index >= 15 is 0 Å². The second kappa shape index (κ2) is 6.88. The van der Waals surface area contributed by atoms with Crippen LogP contribution in [0.4, 0.5) is 8.78 Å². The Morgan fingerprint density at radius 2 is 1.75 bits per heavy atom. The first-order valence-electron chi connectivity index (χ1n) is 8.41. The standard InChI is InChI=1S/C20H14F2N2O4/c1-10-15-9-14(22)7-8-16(15)27-17(10)20(25)26-11(2)18-23-24-19(28-18)12-3-5-13(21)6-4-12/h3-9,11H,1-2H3/t11-/m1/s1. The average molecular weight is 384 g/mol. The number of aromatic nitrogens is 2. The molecule has 6 nitrogen and oxygen atoms in total. The number of hydrogen-bond acceptors (Lipinski definition) is 6. The summed E-state index contributed by atoms with van der Waals surface area (Å²) in [5.74, 6) is -1.31. The van der Waals surface area contributed by atoms with Gasteiger partial charge in [-0.2, -0.15) is 0 Å². The SMILES string of the molecule is Cc1c(C(=O)O[C@H](C)c2nnc(-c3ccc(F)cc3)o2)oc2ccc(F)cc12. The third kappa shape index (κ3) is 3.24. The Kier molecular flexibility index (Phi) is 4.38. The largest absolute Gasteiger partial charge is 0.449 e. The van der Waals surface area contributed by atoms with Crippen LogP contribution in [0, 0.1) is 18.6 Å². The minimum absolute atomic E-state index is 0.0225. The molecule has 0 saturated heterocycles. The van der Waals surface area contributed by atoms with Crippen molar-refractivity contribution in [1.82, 2.24) is 10.2 Å². The molecule has 0 saturated carbocycles. The lowest BCUT2D eigenvalue weighted by molar-refractivity contribution is 0.0245. The number of carbonyl (C=O) groups is 1. The van der Waals surface area contributed by atoms with Crippen molar-refractivity contribution >= 4 is 16.9 Å². The van der Waals surface area contributed by atoms with Gasteiger partial charge >= 0.3 is 5.97 Å². The van der Waals surface area contributed by atoms with Crippen LogP contribution >= 0.6 is 0 Å². The molecule has 4 rings (SSSR count). The molecule has 4 aromatic rings. The van der Waals surface area contributed by atoms with Gasteiger partial charge < -0.3 is 13.6 Å². The topological polar surface area (TPSA) is 78.4 Å². The molecule has 1 atom stereocenters. The number of aryl methyl sites for hydroxylation is 1. The van der Waals surface area contributed by atoms with Crippen LogP contribution in [0.15, 0.2) is 51.3 Å². The number of fused-ring (bicyclic) bond motifs is 1. The molecule has 2 heterocycles. The number of halogens is 2. The van der Waals surface area contributed by atoms with Gasteiger partial charge in [-0.25, -0.2) is 13.6 Å². The fourth-order valence-corrected chi connectivity index (χ4v) is 2.76.